The van der Waals surface area contributed by atoms with Gasteiger partial charge in [0.1, 0.15) is 5.02 Å². The molecule has 0 radical (unpaired) electrons. The number of pyridine rings is 1. The quantitative estimate of drug-likeness (QED) is 0.555. The first-order valence-corrected chi connectivity index (χ1v) is 9.73. The molecule has 5 nitrogen and oxygen atoms in total. The molecule has 0 aromatic carbocycles. The minimum absolute atomic E-state index is 0.0521. The van der Waals surface area contributed by atoms with Crippen LogP contribution in [0, 0.1) is 0 Å². The first-order chi connectivity index (χ1) is 9.83. The van der Waals surface area contributed by atoms with E-state index in [4.69, 9.17) is 65.3 Å². The van der Waals surface area contributed by atoms with Crippen molar-refractivity contribution >= 4 is 53.3 Å². The molecule has 1 rings (SSSR count). The van der Waals surface area contributed by atoms with Gasteiger partial charge < -0.3 is 9.63 Å². The van der Waals surface area contributed by atoms with Crippen molar-refractivity contribution in [3.63, 3.8) is 0 Å². The van der Waals surface area contributed by atoms with Crippen molar-refractivity contribution in [1.29, 1.82) is 0 Å². The Kier molecular flexibility index (Phi) is 11.2. The van der Waals surface area contributed by atoms with Gasteiger partial charge in [-0.15, -0.1) is 0 Å². The number of nitrogens with zero attached hydrogens (tertiary/aromatic N) is 1. The van der Waals surface area contributed by atoms with E-state index in [0.29, 0.717) is 13.2 Å². The molecule has 0 aliphatic carbocycles. The van der Waals surface area contributed by atoms with Gasteiger partial charge in [0, 0.05) is 18.4 Å². The van der Waals surface area contributed by atoms with Crippen LogP contribution in [0.1, 0.15) is 20.8 Å². The highest BCUT2D eigenvalue weighted by Crippen LogP contribution is 2.51. The average molecular weight is 397 g/mol. The van der Waals surface area contributed by atoms with Crippen LogP contribution < -0.4 is 4.52 Å². The Morgan fingerprint density at radius 1 is 1.14 bits per heavy atom. The topological polar surface area (TPSA) is 60.8 Å². The summed E-state index contributed by atoms with van der Waals surface area (Å²) in [6.07, 6.45) is 0. The monoisotopic (exact) mass is 395 g/mol. The fourth-order valence-corrected chi connectivity index (χ4v) is 3.59. The molecule has 1 N–H and O–H groups in total. The Morgan fingerprint density at radius 3 is 2.05 bits per heavy atom. The summed E-state index contributed by atoms with van der Waals surface area (Å²) >= 11 is 22.7. The minimum atomic E-state index is -2.92. The van der Waals surface area contributed by atoms with E-state index in [-0.39, 0.29) is 27.7 Å². The summed E-state index contributed by atoms with van der Waals surface area (Å²) in [5, 5.41) is 8.07. The van der Waals surface area contributed by atoms with Crippen molar-refractivity contribution in [3.05, 3.63) is 21.3 Å². The maximum Gasteiger partial charge on any atom is 0.381 e. The second-order valence-corrected chi connectivity index (χ2v) is 7.35. The van der Waals surface area contributed by atoms with Crippen molar-refractivity contribution in [1.82, 2.24) is 4.98 Å². The van der Waals surface area contributed by atoms with Crippen molar-refractivity contribution in [2.45, 2.75) is 20.8 Å². The first kappa shape index (κ1) is 21.4. The predicted octanol–water partition coefficient (Wildman–Crippen LogP) is 4.72. The van der Waals surface area contributed by atoms with E-state index < -0.39 is 6.72 Å². The van der Waals surface area contributed by atoms with Crippen LogP contribution in [0.4, 0.5) is 0 Å². The largest absolute Gasteiger partial charge is 0.404 e. The second-order valence-electron chi connectivity index (χ2n) is 3.24. The van der Waals surface area contributed by atoms with E-state index in [1.54, 1.807) is 20.8 Å². The third-order valence-corrected chi connectivity index (χ3v) is 4.97. The molecule has 10 heteroatoms. The van der Waals surface area contributed by atoms with Gasteiger partial charge in [0.15, 0.2) is 5.15 Å². The van der Waals surface area contributed by atoms with E-state index in [2.05, 4.69) is 4.98 Å². The molecule has 0 aliphatic rings. The van der Waals surface area contributed by atoms with Crippen molar-refractivity contribution in [2.75, 3.05) is 19.8 Å². The standard InChI is InChI=1S/C9H11Cl3NO3PS.C2H6O/c1-3-14-17(18,15-4-2)16-9-7(11)5-6(10)8(12)13-9;1-2-3/h5H,3-4H2,1-2H3;3H,2H2,1H3. The molecule has 0 bridgehead atoms. The highest BCUT2D eigenvalue weighted by Gasteiger charge is 2.24. The molecule has 21 heavy (non-hydrogen) atoms. The molecule has 0 saturated heterocycles. The van der Waals surface area contributed by atoms with Crippen molar-refractivity contribution in [2.24, 2.45) is 0 Å². The van der Waals surface area contributed by atoms with Gasteiger partial charge in [-0.25, -0.2) is 0 Å². The third-order valence-electron chi connectivity index (χ3n) is 1.63. The van der Waals surface area contributed by atoms with Gasteiger partial charge >= 0.3 is 6.72 Å². The molecule has 1 heterocycles. The van der Waals surface area contributed by atoms with Crippen LogP contribution in [-0.4, -0.2) is 29.9 Å². The zero-order valence-corrected chi connectivity index (χ0v) is 15.8. The predicted molar refractivity (Wildman–Crippen MR) is 90.2 cm³/mol. The molecule has 1 aromatic heterocycles. The lowest BCUT2D eigenvalue weighted by atomic mass is 10.5. The lowest BCUT2D eigenvalue weighted by molar-refractivity contribution is 0.216. The summed E-state index contributed by atoms with van der Waals surface area (Å²) in [4.78, 5) is 3.90. The number of hydrogen-bond acceptors (Lipinski definition) is 6. The number of halogens is 3. The van der Waals surface area contributed by atoms with Crippen LogP contribution in [0.15, 0.2) is 6.07 Å². The van der Waals surface area contributed by atoms with Crippen LogP contribution >= 0.6 is 41.5 Å². The van der Waals surface area contributed by atoms with E-state index in [1.807, 2.05) is 0 Å². The first-order valence-electron chi connectivity index (χ1n) is 6.04. The molecule has 0 atom stereocenters. The van der Waals surface area contributed by atoms with Gasteiger partial charge in [-0.2, -0.15) is 4.98 Å². The van der Waals surface area contributed by atoms with Gasteiger partial charge in [-0.05, 0) is 26.8 Å². The van der Waals surface area contributed by atoms with Gasteiger partial charge in [-0.1, -0.05) is 34.8 Å². The summed E-state index contributed by atoms with van der Waals surface area (Å²) < 4.78 is 16.1. The maximum absolute atomic E-state index is 7.57. The fraction of sp³-hybridized carbons (Fsp3) is 0.545. The lowest BCUT2D eigenvalue weighted by Crippen LogP contribution is -2.03. The molecule has 0 spiro atoms. The van der Waals surface area contributed by atoms with Crippen LogP contribution in [0.5, 0.6) is 5.88 Å². The van der Waals surface area contributed by atoms with Gasteiger partial charge in [0.25, 0.3) is 0 Å². The molecule has 1 aromatic rings. The molecule has 0 saturated carbocycles. The number of hydrogen-bond donors (Lipinski definition) is 1. The van der Waals surface area contributed by atoms with Crippen LogP contribution in [-0.2, 0) is 20.9 Å². The minimum Gasteiger partial charge on any atom is -0.404 e. The van der Waals surface area contributed by atoms with Crippen molar-refractivity contribution < 1.29 is 18.7 Å². The molecule has 122 valence electrons. The molecular weight excluding hydrogens is 380 g/mol. The number of aromatic nitrogens is 1. The lowest BCUT2D eigenvalue weighted by Gasteiger charge is -2.20. The zero-order valence-electron chi connectivity index (χ0n) is 11.8. The number of rotatable bonds is 6. The van der Waals surface area contributed by atoms with E-state index >= 15 is 0 Å². The van der Waals surface area contributed by atoms with E-state index in [0.717, 1.165) is 0 Å². The number of aliphatic hydroxyl groups is 1. The highest BCUT2D eigenvalue weighted by molar-refractivity contribution is 8.07. The van der Waals surface area contributed by atoms with Gasteiger partial charge in [0.05, 0.1) is 18.2 Å². The smallest absolute Gasteiger partial charge is 0.381 e. The van der Waals surface area contributed by atoms with Gasteiger partial charge in [-0.3, -0.25) is 9.05 Å². The summed E-state index contributed by atoms with van der Waals surface area (Å²) in [5.74, 6) is 0.0521. The molecular formula is C11H17Cl3NO4PS. The van der Waals surface area contributed by atoms with E-state index in [9.17, 15) is 0 Å². The van der Waals surface area contributed by atoms with Gasteiger partial charge in [0.2, 0.25) is 5.88 Å². The van der Waals surface area contributed by atoms with Crippen LogP contribution in [0.25, 0.3) is 0 Å². The molecule has 0 unspecified atom stereocenters. The third kappa shape index (κ3) is 7.95. The Labute approximate surface area is 144 Å². The molecule has 0 fully saturated rings. The Balaban J connectivity index is 0.00000122. The SMILES string of the molecule is CCO.CCOP(=S)(OCC)Oc1nc(Cl)c(Cl)cc1Cl. The summed E-state index contributed by atoms with van der Waals surface area (Å²) in [6.45, 7) is 3.30. The number of aliphatic hydroxyl groups excluding tert-OH is 1. The fourth-order valence-electron chi connectivity index (χ4n) is 1.00. The van der Waals surface area contributed by atoms with Crippen molar-refractivity contribution in [3.8, 4) is 5.88 Å². The molecule has 0 aliphatic heterocycles. The summed E-state index contributed by atoms with van der Waals surface area (Å²) in [7, 11) is 0. The second kappa shape index (κ2) is 11.0. The average Bonchev–Trinajstić information content (AvgIpc) is 2.37. The summed E-state index contributed by atoms with van der Waals surface area (Å²) in [5.41, 5.74) is 0. The highest BCUT2D eigenvalue weighted by atomic mass is 35.5. The van der Waals surface area contributed by atoms with E-state index in [1.165, 1.54) is 6.07 Å². The molecule has 0 amide bonds. The normalized spacial score (nSPS) is 10.8. The van der Waals surface area contributed by atoms with Crippen LogP contribution in [0.2, 0.25) is 15.2 Å². The Hall–Kier alpha value is 0.350. The Morgan fingerprint density at radius 2 is 1.62 bits per heavy atom. The van der Waals surface area contributed by atoms with Crippen LogP contribution in [0.3, 0.4) is 0 Å². The zero-order chi connectivity index (χ0) is 16.5. The Bertz CT molecular complexity index is 483. The maximum atomic E-state index is 7.57. The summed E-state index contributed by atoms with van der Waals surface area (Å²) in [6, 6.07) is 1.42.